The molecular weight excluding hydrogens is 400 g/mol. The van der Waals surface area contributed by atoms with Crippen molar-refractivity contribution in [2.24, 2.45) is 0 Å². The first kappa shape index (κ1) is 20.6. The van der Waals surface area contributed by atoms with Crippen LogP contribution in [0, 0.1) is 13.8 Å². The van der Waals surface area contributed by atoms with Crippen LogP contribution >= 0.6 is 11.3 Å². The number of carbonyl (C=O) groups excluding carboxylic acids is 1. The number of amides is 1. The molecule has 1 fully saturated rings. The zero-order valence-electron chi connectivity index (χ0n) is 17.7. The summed E-state index contributed by atoms with van der Waals surface area (Å²) in [4.78, 5) is 20.2. The highest BCUT2D eigenvalue weighted by atomic mass is 32.1. The van der Waals surface area contributed by atoms with Gasteiger partial charge >= 0.3 is 0 Å². The fraction of sp³-hybridized carbons (Fsp3) is 0.391. The smallest absolute Gasteiger partial charge is 0.260 e. The molecule has 1 aliphatic heterocycles. The third kappa shape index (κ3) is 4.00. The maximum absolute atomic E-state index is 13.6. The van der Waals surface area contributed by atoms with E-state index in [0.717, 1.165) is 40.8 Å². The number of hydrogen-bond acceptors (Lipinski definition) is 6. The molecule has 0 N–H and O–H groups in total. The van der Waals surface area contributed by atoms with Crippen molar-refractivity contribution in [3.05, 3.63) is 47.0 Å². The Labute approximate surface area is 180 Å². The predicted molar refractivity (Wildman–Crippen MR) is 119 cm³/mol. The number of hydrogen-bond donors (Lipinski definition) is 0. The third-order valence-corrected chi connectivity index (χ3v) is 6.63. The van der Waals surface area contributed by atoms with Crippen molar-refractivity contribution in [3.8, 4) is 11.5 Å². The molecule has 3 aromatic rings. The zero-order valence-corrected chi connectivity index (χ0v) is 18.5. The van der Waals surface area contributed by atoms with E-state index in [1.54, 1.807) is 48.7 Å². The summed E-state index contributed by atoms with van der Waals surface area (Å²) in [5, 5.41) is 0.685. The van der Waals surface area contributed by atoms with Gasteiger partial charge in [-0.2, -0.15) is 0 Å². The molecule has 1 atom stereocenters. The molecule has 0 spiro atoms. The van der Waals surface area contributed by atoms with E-state index in [2.05, 4.69) is 19.1 Å². The fourth-order valence-electron chi connectivity index (χ4n) is 3.69. The van der Waals surface area contributed by atoms with Crippen LogP contribution in [-0.2, 0) is 4.74 Å². The SMILES string of the molecule is COc1cc(OC)cc(C(=O)N(CC2CCCO2)c2nc3c(C)ccc(C)c3s2)c1. The second kappa shape index (κ2) is 8.62. The molecule has 1 aromatic heterocycles. The lowest BCUT2D eigenvalue weighted by molar-refractivity contribution is 0.0917. The summed E-state index contributed by atoms with van der Waals surface area (Å²) in [5.41, 5.74) is 3.71. The van der Waals surface area contributed by atoms with Gasteiger partial charge in [-0.1, -0.05) is 23.5 Å². The summed E-state index contributed by atoms with van der Waals surface area (Å²) in [6.07, 6.45) is 1.96. The van der Waals surface area contributed by atoms with Crippen molar-refractivity contribution in [1.29, 1.82) is 0 Å². The lowest BCUT2D eigenvalue weighted by atomic mass is 10.1. The number of aromatic nitrogens is 1. The van der Waals surface area contributed by atoms with Gasteiger partial charge in [0.15, 0.2) is 5.13 Å². The normalized spacial score (nSPS) is 16.1. The number of benzene rings is 2. The molecule has 1 unspecified atom stereocenters. The minimum Gasteiger partial charge on any atom is -0.497 e. The number of methoxy groups -OCH3 is 2. The highest BCUT2D eigenvalue weighted by molar-refractivity contribution is 7.22. The van der Waals surface area contributed by atoms with Crippen LogP contribution < -0.4 is 14.4 Å². The Morgan fingerprint density at radius 2 is 1.87 bits per heavy atom. The molecular formula is C23H26N2O4S. The molecule has 1 amide bonds. The first-order valence-electron chi connectivity index (χ1n) is 10.0. The molecule has 0 aliphatic carbocycles. The van der Waals surface area contributed by atoms with Gasteiger partial charge in [0, 0.05) is 18.2 Å². The van der Waals surface area contributed by atoms with E-state index in [0.29, 0.717) is 28.7 Å². The third-order valence-electron chi connectivity index (χ3n) is 5.42. The van der Waals surface area contributed by atoms with Crippen molar-refractivity contribution in [1.82, 2.24) is 4.98 Å². The van der Waals surface area contributed by atoms with E-state index in [-0.39, 0.29) is 12.0 Å². The summed E-state index contributed by atoms with van der Waals surface area (Å²) in [6, 6.07) is 9.39. The molecule has 6 nitrogen and oxygen atoms in total. The van der Waals surface area contributed by atoms with E-state index in [9.17, 15) is 4.79 Å². The Morgan fingerprint density at radius 3 is 2.47 bits per heavy atom. The van der Waals surface area contributed by atoms with Crippen LogP contribution in [0.15, 0.2) is 30.3 Å². The molecule has 1 aliphatic rings. The van der Waals surface area contributed by atoms with Crippen LogP contribution in [0.1, 0.15) is 34.3 Å². The Kier molecular flexibility index (Phi) is 5.92. The minimum atomic E-state index is -0.142. The summed E-state index contributed by atoms with van der Waals surface area (Å²) in [5.74, 6) is 1.01. The molecule has 2 aromatic carbocycles. The number of nitrogens with zero attached hydrogens (tertiary/aromatic N) is 2. The molecule has 30 heavy (non-hydrogen) atoms. The van der Waals surface area contributed by atoms with Crippen LogP contribution in [0.25, 0.3) is 10.2 Å². The highest BCUT2D eigenvalue weighted by Crippen LogP contribution is 2.35. The van der Waals surface area contributed by atoms with Crippen LogP contribution in [0.3, 0.4) is 0 Å². The van der Waals surface area contributed by atoms with Crippen molar-refractivity contribution in [2.75, 3.05) is 32.3 Å². The van der Waals surface area contributed by atoms with Gasteiger partial charge < -0.3 is 14.2 Å². The molecule has 1 saturated heterocycles. The largest absolute Gasteiger partial charge is 0.497 e. The molecule has 7 heteroatoms. The second-order valence-corrected chi connectivity index (χ2v) is 8.50. The van der Waals surface area contributed by atoms with Crippen molar-refractivity contribution >= 4 is 32.6 Å². The van der Waals surface area contributed by atoms with E-state index in [1.807, 2.05) is 6.92 Å². The zero-order chi connectivity index (χ0) is 21.3. The summed E-state index contributed by atoms with van der Waals surface area (Å²) >= 11 is 1.55. The van der Waals surface area contributed by atoms with Gasteiger partial charge in [-0.05, 0) is 49.9 Å². The monoisotopic (exact) mass is 426 g/mol. The van der Waals surface area contributed by atoms with Gasteiger partial charge in [0.2, 0.25) is 0 Å². The number of thiazole rings is 1. The van der Waals surface area contributed by atoms with Gasteiger partial charge in [-0.15, -0.1) is 0 Å². The average Bonchev–Trinajstić information content (AvgIpc) is 3.44. The van der Waals surface area contributed by atoms with Crippen molar-refractivity contribution < 1.29 is 19.0 Å². The first-order valence-corrected chi connectivity index (χ1v) is 10.8. The molecule has 158 valence electrons. The molecule has 0 radical (unpaired) electrons. The Bertz CT molecular complexity index is 1010. The maximum atomic E-state index is 13.6. The Balaban J connectivity index is 1.78. The molecule has 0 saturated carbocycles. The van der Waals surface area contributed by atoms with Gasteiger partial charge in [0.25, 0.3) is 5.91 Å². The number of fused-ring (bicyclic) bond motifs is 1. The molecule has 4 rings (SSSR count). The Hall–Kier alpha value is -2.64. The first-order chi connectivity index (χ1) is 14.5. The van der Waals surface area contributed by atoms with E-state index in [1.165, 1.54) is 0 Å². The summed E-state index contributed by atoms with van der Waals surface area (Å²) in [6.45, 7) is 5.32. The fourth-order valence-corrected chi connectivity index (χ4v) is 4.81. The predicted octanol–water partition coefficient (Wildman–Crippen LogP) is 4.76. The highest BCUT2D eigenvalue weighted by Gasteiger charge is 2.28. The molecule has 2 heterocycles. The van der Waals surface area contributed by atoms with Gasteiger partial charge in [0.05, 0.1) is 37.1 Å². The van der Waals surface area contributed by atoms with E-state index >= 15 is 0 Å². The van der Waals surface area contributed by atoms with Gasteiger partial charge in [0.1, 0.15) is 11.5 Å². The quantitative estimate of drug-likeness (QED) is 0.569. The van der Waals surface area contributed by atoms with Crippen LogP contribution in [-0.4, -0.2) is 44.4 Å². The maximum Gasteiger partial charge on any atom is 0.260 e. The standard InChI is InChI=1S/C23H26N2O4S/c1-14-7-8-15(2)21-20(14)24-23(30-21)25(13-17-6-5-9-29-17)22(26)16-10-18(27-3)12-19(11-16)28-4/h7-8,10-12,17H,5-6,9,13H2,1-4H3. The lowest BCUT2D eigenvalue weighted by Gasteiger charge is -2.23. The number of ether oxygens (including phenoxy) is 3. The van der Waals surface area contributed by atoms with Crippen molar-refractivity contribution in [2.45, 2.75) is 32.8 Å². The van der Waals surface area contributed by atoms with E-state index in [4.69, 9.17) is 19.2 Å². The van der Waals surface area contributed by atoms with Crippen LogP contribution in [0.4, 0.5) is 5.13 Å². The summed E-state index contributed by atoms with van der Waals surface area (Å²) in [7, 11) is 3.15. The van der Waals surface area contributed by atoms with Crippen molar-refractivity contribution in [3.63, 3.8) is 0 Å². The minimum absolute atomic E-state index is 0.00987. The topological polar surface area (TPSA) is 60.9 Å². The Morgan fingerprint density at radius 1 is 1.17 bits per heavy atom. The second-order valence-electron chi connectivity index (χ2n) is 7.53. The number of rotatable bonds is 6. The number of anilines is 1. The van der Waals surface area contributed by atoms with Gasteiger partial charge in [-0.25, -0.2) is 4.98 Å². The summed E-state index contributed by atoms with van der Waals surface area (Å²) < 4.78 is 17.7. The van der Waals surface area contributed by atoms with E-state index < -0.39 is 0 Å². The number of carbonyl (C=O) groups is 1. The van der Waals surface area contributed by atoms with Crippen LogP contribution in [0.5, 0.6) is 11.5 Å². The number of aryl methyl sites for hydroxylation is 2. The van der Waals surface area contributed by atoms with Crippen LogP contribution in [0.2, 0.25) is 0 Å². The lowest BCUT2D eigenvalue weighted by Crippen LogP contribution is -2.37. The van der Waals surface area contributed by atoms with Gasteiger partial charge in [-0.3, -0.25) is 9.69 Å². The average molecular weight is 427 g/mol. The molecule has 0 bridgehead atoms.